The summed E-state index contributed by atoms with van der Waals surface area (Å²) in [5.74, 6) is -0.502. The Morgan fingerprint density at radius 2 is 1.96 bits per heavy atom. The number of fused-ring (bicyclic) bond motifs is 1. The lowest BCUT2D eigenvalue weighted by molar-refractivity contribution is 0.0694. The van der Waals surface area contributed by atoms with Gasteiger partial charge in [0.2, 0.25) is 0 Å². The second kappa shape index (κ2) is 6.72. The molecular weight excluding hydrogens is 335 g/mol. The average Bonchev–Trinajstić information content (AvgIpc) is 3.05. The van der Waals surface area contributed by atoms with Crippen molar-refractivity contribution >= 4 is 5.97 Å². The van der Waals surface area contributed by atoms with Crippen LogP contribution in [0.2, 0.25) is 0 Å². The van der Waals surface area contributed by atoms with Gasteiger partial charge in [0.1, 0.15) is 17.3 Å². The predicted molar refractivity (Wildman–Crippen MR) is 93.1 cm³/mol. The SMILES string of the molecule is O=C(O)c1ccccc1CN1CCc2onc(-c3ccccc3F)c2C1. The number of hydrogen-bond donors (Lipinski definition) is 1. The summed E-state index contributed by atoms with van der Waals surface area (Å²) in [4.78, 5) is 13.5. The van der Waals surface area contributed by atoms with E-state index in [1.807, 2.05) is 12.1 Å². The molecule has 3 aromatic rings. The lowest BCUT2D eigenvalue weighted by atomic mass is 10.00. The van der Waals surface area contributed by atoms with E-state index in [0.29, 0.717) is 36.3 Å². The quantitative estimate of drug-likeness (QED) is 0.775. The number of aromatic carboxylic acids is 1. The number of aromatic nitrogens is 1. The van der Waals surface area contributed by atoms with Gasteiger partial charge in [-0.25, -0.2) is 9.18 Å². The van der Waals surface area contributed by atoms with Crippen LogP contribution in [-0.4, -0.2) is 27.7 Å². The molecule has 0 amide bonds. The molecule has 6 heteroatoms. The van der Waals surface area contributed by atoms with Gasteiger partial charge in [-0.1, -0.05) is 35.5 Å². The van der Waals surface area contributed by atoms with Crippen molar-refractivity contribution in [2.75, 3.05) is 6.54 Å². The van der Waals surface area contributed by atoms with Crippen molar-refractivity contribution in [2.45, 2.75) is 19.5 Å². The molecule has 0 spiro atoms. The van der Waals surface area contributed by atoms with Crippen LogP contribution >= 0.6 is 0 Å². The van der Waals surface area contributed by atoms with E-state index in [4.69, 9.17) is 4.52 Å². The maximum absolute atomic E-state index is 14.1. The lowest BCUT2D eigenvalue weighted by Crippen LogP contribution is -2.30. The average molecular weight is 352 g/mol. The van der Waals surface area contributed by atoms with Crippen molar-refractivity contribution in [1.82, 2.24) is 10.1 Å². The lowest BCUT2D eigenvalue weighted by Gasteiger charge is -2.26. The third-order valence-electron chi connectivity index (χ3n) is 4.68. The van der Waals surface area contributed by atoms with E-state index >= 15 is 0 Å². The zero-order valence-corrected chi connectivity index (χ0v) is 14.0. The number of halogens is 1. The van der Waals surface area contributed by atoms with Crippen LogP contribution in [-0.2, 0) is 19.5 Å². The maximum Gasteiger partial charge on any atom is 0.336 e. The molecule has 1 N–H and O–H groups in total. The normalized spacial score (nSPS) is 14.2. The molecule has 0 atom stereocenters. The minimum absolute atomic E-state index is 0.304. The van der Waals surface area contributed by atoms with Crippen molar-refractivity contribution in [1.29, 1.82) is 0 Å². The highest BCUT2D eigenvalue weighted by Crippen LogP contribution is 2.32. The van der Waals surface area contributed by atoms with Crippen LogP contribution in [0.4, 0.5) is 4.39 Å². The summed E-state index contributed by atoms with van der Waals surface area (Å²) in [7, 11) is 0. The van der Waals surface area contributed by atoms with Crippen LogP contribution < -0.4 is 0 Å². The van der Waals surface area contributed by atoms with Crippen LogP contribution in [0.3, 0.4) is 0 Å². The monoisotopic (exact) mass is 352 g/mol. The van der Waals surface area contributed by atoms with Crippen molar-refractivity contribution in [3.63, 3.8) is 0 Å². The van der Waals surface area contributed by atoms with Gasteiger partial charge in [-0.15, -0.1) is 0 Å². The largest absolute Gasteiger partial charge is 0.478 e. The molecule has 132 valence electrons. The summed E-state index contributed by atoms with van der Waals surface area (Å²) in [5.41, 5.74) is 2.87. The van der Waals surface area contributed by atoms with Gasteiger partial charge in [0.15, 0.2) is 0 Å². The number of benzene rings is 2. The summed E-state index contributed by atoms with van der Waals surface area (Å²) < 4.78 is 19.6. The highest BCUT2D eigenvalue weighted by molar-refractivity contribution is 5.89. The Bertz CT molecular complexity index is 967. The van der Waals surface area contributed by atoms with Gasteiger partial charge in [0.05, 0.1) is 5.56 Å². The first-order chi connectivity index (χ1) is 12.6. The number of rotatable bonds is 4. The van der Waals surface area contributed by atoms with Crippen LogP contribution in [0.1, 0.15) is 27.2 Å². The molecule has 0 saturated carbocycles. The molecule has 26 heavy (non-hydrogen) atoms. The minimum Gasteiger partial charge on any atom is -0.478 e. The van der Waals surface area contributed by atoms with Gasteiger partial charge in [-0.05, 0) is 23.8 Å². The predicted octanol–water partition coefficient (Wildman–Crippen LogP) is 3.74. The molecule has 1 aromatic heterocycles. The van der Waals surface area contributed by atoms with Gasteiger partial charge in [-0.3, -0.25) is 4.90 Å². The Hall–Kier alpha value is -2.99. The number of carbonyl (C=O) groups is 1. The minimum atomic E-state index is -0.935. The van der Waals surface area contributed by atoms with E-state index in [1.165, 1.54) is 6.07 Å². The summed E-state index contributed by atoms with van der Waals surface area (Å²) in [5, 5.41) is 13.4. The van der Waals surface area contributed by atoms with Gasteiger partial charge in [0, 0.05) is 37.2 Å². The molecule has 1 aliphatic rings. The molecule has 5 nitrogen and oxygen atoms in total. The van der Waals surface area contributed by atoms with Gasteiger partial charge in [0.25, 0.3) is 0 Å². The van der Waals surface area contributed by atoms with Crippen LogP contribution in [0.5, 0.6) is 0 Å². The summed E-state index contributed by atoms with van der Waals surface area (Å²) in [6.07, 6.45) is 0.659. The van der Waals surface area contributed by atoms with Crippen molar-refractivity contribution in [3.8, 4) is 11.3 Å². The molecule has 0 saturated heterocycles. The molecular formula is C20H17FN2O3. The fourth-order valence-electron chi connectivity index (χ4n) is 3.37. The first-order valence-corrected chi connectivity index (χ1v) is 8.39. The number of carboxylic acids is 1. The molecule has 2 heterocycles. The Balaban J connectivity index is 1.62. The van der Waals surface area contributed by atoms with Crippen LogP contribution in [0, 0.1) is 5.82 Å². The molecule has 2 aromatic carbocycles. The first-order valence-electron chi connectivity index (χ1n) is 8.39. The zero-order valence-electron chi connectivity index (χ0n) is 14.0. The molecule has 1 aliphatic heterocycles. The van der Waals surface area contributed by atoms with E-state index in [0.717, 1.165) is 23.4 Å². The molecule has 0 aliphatic carbocycles. The standard InChI is InChI=1S/C20H17FN2O3/c21-17-8-4-3-7-15(17)19-16-12-23(10-9-18(16)26-22-19)11-13-5-1-2-6-14(13)20(24)25/h1-8H,9-12H2,(H,24,25). The molecule has 0 fully saturated rings. The topological polar surface area (TPSA) is 66.6 Å². The molecule has 0 radical (unpaired) electrons. The zero-order chi connectivity index (χ0) is 18.1. The second-order valence-corrected chi connectivity index (χ2v) is 6.34. The summed E-state index contributed by atoms with van der Waals surface area (Å²) >= 11 is 0. The molecule has 0 unspecified atom stereocenters. The van der Waals surface area contributed by atoms with Crippen LogP contribution in [0.15, 0.2) is 53.1 Å². The van der Waals surface area contributed by atoms with Gasteiger partial charge < -0.3 is 9.63 Å². The number of hydrogen-bond acceptors (Lipinski definition) is 4. The van der Waals surface area contributed by atoms with E-state index in [1.54, 1.807) is 30.3 Å². The third kappa shape index (κ3) is 2.99. The van der Waals surface area contributed by atoms with Gasteiger partial charge in [-0.2, -0.15) is 0 Å². The van der Waals surface area contributed by atoms with E-state index < -0.39 is 5.97 Å². The van der Waals surface area contributed by atoms with Crippen molar-refractivity contribution < 1.29 is 18.8 Å². The van der Waals surface area contributed by atoms with Crippen molar-refractivity contribution in [3.05, 3.63) is 76.8 Å². The fourth-order valence-corrected chi connectivity index (χ4v) is 3.37. The van der Waals surface area contributed by atoms with E-state index in [9.17, 15) is 14.3 Å². The fraction of sp³-hybridized carbons (Fsp3) is 0.200. The molecule has 4 rings (SSSR count). The smallest absolute Gasteiger partial charge is 0.336 e. The van der Waals surface area contributed by atoms with Crippen molar-refractivity contribution in [2.24, 2.45) is 0 Å². The number of nitrogens with zero attached hydrogens (tertiary/aromatic N) is 2. The summed E-state index contributed by atoms with van der Waals surface area (Å²) in [6, 6.07) is 13.5. The highest BCUT2D eigenvalue weighted by Gasteiger charge is 2.26. The maximum atomic E-state index is 14.1. The van der Waals surface area contributed by atoms with Crippen LogP contribution in [0.25, 0.3) is 11.3 Å². The second-order valence-electron chi connectivity index (χ2n) is 6.34. The summed E-state index contributed by atoms with van der Waals surface area (Å²) in [6.45, 7) is 1.77. The first kappa shape index (κ1) is 16.5. The number of carboxylic acid groups (broad SMARTS) is 1. The Kier molecular flexibility index (Phi) is 4.26. The third-order valence-corrected chi connectivity index (χ3v) is 4.68. The Morgan fingerprint density at radius 3 is 2.77 bits per heavy atom. The Labute approximate surface area is 149 Å². The van der Waals surface area contributed by atoms with Gasteiger partial charge >= 0.3 is 5.97 Å². The highest BCUT2D eigenvalue weighted by atomic mass is 19.1. The Morgan fingerprint density at radius 1 is 1.19 bits per heavy atom. The molecule has 0 bridgehead atoms. The van der Waals surface area contributed by atoms with E-state index in [-0.39, 0.29) is 5.82 Å². The van der Waals surface area contributed by atoms with E-state index in [2.05, 4.69) is 10.1 Å².